The van der Waals surface area contributed by atoms with Gasteiger partial charge in [-0.25, -0.2) is 0 Å². The van der Waals surface area contributed by atoms with E-state index in [2.05, 4.69) is 102 Å². The van der Waals surface area contributed by atoms with Gasteiger partial charge in [0.25, 0.3) is 0 Å². The van der Waals surface area contributed by atoms with Gasteiger partial charge in [-0.2, -0.15) is 0 Å². The SMILES string of the molecule is CC1=C(/C=C/C(C)=C/C=C/C(C)=C/C(=O)N[C@@H]2CCCC[C@H]2NC(=O)/C=C(C)/C=C/C=C(C)/C=C/C2=C(C)CCCC2(C)C)C(C)(C)CCC1. The van der Waals surface area contributed by atoms with E-state index in [1.807, 2.05) is 38.2 Å². The number of hydrogen-bond acceptors (Lipinski definition) is 2. The summed E-state index contributed by atoms with van der Waals surface area (Å²) in [5.41, 5.74) is 10.5. The molecule has 0 spiro atoms. The molecule has 4 heteroatoms. The molecule has 0 saturated heterocycles. The fourth-order valence-corrected chi connectivity index (χ4v) is 7.70. The average Bonchev–Trinajstić information content (AvgIpc) is 3.00. The molecule has 0 aromatic carbocycles. The standard InChI is InChI=1S/C46H66N2O2/c1-33(25-27-39-37(5)21-15-29-45(39,7)8)17-13-19-35(3)31-43(49)47-41-23-11-12-24-42(41)48-44(50)32-36(4)20-14-18-34(2)26-28-40-38(6)22-16-30-46(40,9)10/h13-14,17-20,25-28,31-32,41-42H,11-12,15-16,21-24,29-30H2,1-10H3,(H,47,49)(H,48,50)/b19-13+,20-14+,27-25+,28-26+,33-17+,34-18+,35-31+,36-32+/t41-,42-/m1/s1. The highest BCUT2D eigenvalue weighted by Crippen LogP contribution is 2.41. The summed E-state index contributed by atoms with van der Waals surface area (Å²) in [6.07, 6.45) is 35.5. The molecular weight excluding hydrogens is 613 g/mol. The first-order valence-electron chi connectivity index (χ1n) is 19.0. The zero-order valence-electron chi connectivity index (χ0n) is 33.0. The van der Waals surface area contributed by atoms with Crippen LogP contribution in [-0.2, 0) is 9.59 Å². The smallest absolute Gasteiger partial charge is 0.244 e. The van der Waals surface area contributed by atoms with Crippen LogP contribution in [0.2, 0.25) is 0 Å². The van der Waals surface area contributed by atoms with Crippen molar-refractivity contribution in [3.05, 3.63) is 117 Å². The number of carbonyl (C=O) groups excluding carboxylic acids is 2. The fourth-order valence-electron chi connectivity index (χ4n) is 7.70. The molecule has 0 aromatic rings. The van der Waals surface area contributed by atoms with Gasteiger partial charge in [-0.15, -0.1) is 0 Å². The van der Waals surface area contributed by atoms with Crippen molar-refractivity contribution < 1.29 is 9.59 Å². The van der Waals surface area contributed by atoms with E-state index in [-0.39, 0.29) is 34.7 Å². The highest BCUT2D eigenvalue weighted by molar-refractivity contribution is 5.90. The van der Waals surface area contributed by atoms with E-state index in [4.69, 9.17) is 0 Å². The quantitative estimate of drug-likeness (QED) is 0.159. The topological polar surface area (TPSA) is 58.2 Å². The first kappa shape index (κ1) is 40.8. The summed E-state index contributed by atoms with van der Waals surface area (Å²) in [5, 5.41) is 6.34. The highest BCUT2D eigenvalue weighted by Gasteiger charge is 2.28. The van der Waals surface area contributed by atoms with E-state index in [0.29, 0.717) is 0 Å². The van der Waals surface area contributed by atoms with Crippen molar-refractivity contribution >= 4 is 11.8 Å². The summed E-state index contributed by atoms with van der Waals surface area (Å²) in [5.74, 6) is -0.240. The summed E-state index contributed by atoms with van der Waals surface area (Å²) in [6.45, 7) is 22.0. The molecule has 50 heavy (non-hydrogen) atoms. The molecule has 0 aromatic heterocycles. The molecule has 3 aliphatic rings. The molecule has 2 atom stereocenters. The van der Waals surface area contributed by atoms with E-state index >= 15 is 0 Å². The molecule has 4 nitrogen and oxygen atoms in total. The molecule has 0 radical (unpaired) electrons. The van der Waals surface area contributed by atoms with Gasteiger partial charge >= 0.3 is 0 Å². The third-order valence-electron chi connectivity index (χ3n) is 10.7. The van der Waals surface area contributed by atoms with Crippen LogP contribution in [0.1, 0.15) is 133 Å². The molecule has 0 bridgehead atoms. The zero-order valence-corrected chi connectivity index (χ0v) is 33.0. The zero-order chi connectivity index (χ0) is 36.9. The Kier molecular flexibility index (Phi) is 15.6. The lowest BCUT2D eigenvalue weighted by Crippen LogP contribution is -2.52. The summed E-state index contributed by atoms with van der Waals surface area (Å²) < 4.78 is 0. The Morgan fingerprint density at radius 2 is 0.960 bits per heavy atom. The maximum atomic E-state index is 13.0. The van der Waals surface area contributed by atoms with E-state index in [0.717, 1.165) is 36.8 Å². The van der Waals surface area contributed by atoms with Crippen LogP contribution in [0.3, 0.4) is 0 Å². The summed E-state index contributed by atoms with van der Waals surface area (Å²) in [6, 6.07) is -0.173. The molecule has 1 saturated carbocycles. The summed E-state index contributed by atoms with van der Waals surface area (Å²) in [4.78, 5) is 25.9. The van der Waals surface area contributed by atoms with Gasteiger partial charge in [0.05, 0.1) is 0 Å². The Morgan fingerprint density at radius 3 is 1.32 bits per heavy atom. The highest BCUT2D eigenvalue weighted by atomic mass is 16.2. The number of rotatable bonds is 12. The molecule has 1 fully saturated rings. The molecule has 272 valence electrons. The van der Waals surface area contributed by atoms with Crippen molar-refractivity contribution in [2.45, 2.75) is 146 Å². The normalized spacial score (nSPS) is 24.3. The van der Waals surface area contributed by atoms with E-state index in [9.17, 15) is 9.59 Å². The molecule has 3 aliphatic carbocycles. The number of amides is 2. The van der Waals surface area contributed by atoms with Gasteiger partial charge in [0, 0.05) is 24.2 Å². The molecule has 0 heterocycles. The van der Waals surface area contributed by atoms with Gasteiger partial charge in [-0.1, -0.05) is 124 Å². The van der Waals surface area contributed by atoms with Crippen LogP contribution in [0.25, 0.3) is 0 Å². The lowest BCUT2D eigenvalue weighted by atomic mass is 9.72. The molecule has 3 rings (SSSR count). The van der Waals surface area contributed by atoms with E-state index in [1.165, 1.54) is 72.0 Å². The minimum atomic E-state index is -0.120. The van der Waals surface area contributed by atoms with Gasteiger partial charge in [-0.05, 0) is 126 Å². The maximum absolute atomic E-state index is 13.0. The maximum Gasteiger partial charge on any atom is 0.244 e. The number of nitrogens with one attached hydrogen (secondary N) is 2. The summed E-state index contributed by atoms with van der Waals surface area (Å²) in [7, 11) is 0. The third-order valence-corrected chi connectivity index (χ3v) is 10.7. The van der Waals surface area contributed by atoms with Crippen molar-refractivity contribution in [2.24, 2.45) is 10.8 Å². The lowest BCUT2D eigenvalue weighted by Gasteiger charge is -2.33. The van der Waals surface area contributed by atoms with Gasteiger partial charge in [-0.3, -0.25) is 9.59 Å². The molecular formula is C46H66N2O2. The second-order valence-electron chi connectivity index (χ2n) is 16.4. The number of allylic oxidation sites excluding steroid dienone is 18. The predicted octanol–water partition coefficient (Wildman–Crippen LogP) is 11.6. The van der Waals surface area contributed by atoms with Crippen LogP contribution in [0.15, 0.2) is 117 Å². The average molecular weight is 679 g/mol. The van der Waals surface area contributed by atoms with E-state index < -0.39 is 0 Å². The first-order valence-corrected chi connectivity index (χ1v) is 19.0. The van der Waals surface area contributed by atoms with Crippen molar-refractivity contribution in [2.75, 3.05) is 0 Å². The third kappa shape index (κ3) is 13.2. The van der Waals surface area contributed by atoms with Crippen molar-refractivity contribution in [3.8, 4) is 0 Å². The number of carbonyl (C=O) groups is 2. The van der Waals surface area contributed by atoms with Crippen molar-refractivity contribution in [1.82, 2.24) is 10.6 Å². The number of hydrogen-bond donors (Lipinski definition) is 2. The Bertz CT molecular complexity index is 1430. The minimum Gasteiger partial charge on any atom is -0.348 e. The first-order chi connectivity index (χ1) is 23.6. The van der Waals surface area contributed by atoms with Gasteiger partial charge in [0.1, 0.15) is 0 Å². The Labute approximate surface area is 305 Å². The van der Waals surface area contributed by atoms with Crippen LogP contribution < -0.4 is 10.6 Å². The van der Waals surface area contributed by atoms with Crippen LogP contribution in [-0.4, -0.2) is 23.9 Å². The van der Waals surface area contributed by atoms with Crippen molar-refractivity contribution in [3.63, 3.8) is 0 Å². The molecule has 0 unspecified atom stereocenters. The van der Waals surface area contributed by atoms with Crippen LogP contribution >= 0.6 is 0 Å². The molecule has 2 amide bonds. The molecule has 0 aliphatic heterocycles. The van der Waals surface area contributed by atoms with Gasteiger partial charge < -0.3 is 10.6 Å². The summed E-state index contributed by atoms with van der Waals surface area (Å²) >= 11 is 0. The van der Waals surface area contributed by atoms with Gasteiger partial charge in [0.15, 0.2) is 0 Å². The van der Waals surface area contributed by atoms with Crippen LogP contribution in [0.4, 0.5) is 0 Å². The lowest BCUT2D eigenvalue weighted by molar-refractivity contribution is -0.120. The molecule has 2 N–H and O–H groups in total. The Hall–Kier alpha value is -3.66. The monoisotopic (exact) mass is 679 g/mol. The van der Waals surface area contributed by atoms with Gasteiger partial charge in [0.2, 0.25) is 11.8 Å². The minimum absolute atomic E-state index is 0.0863. The second kappa shape index (κ2) is 19.1. The fraction of sp³-hybridized carbons (Fsp3) is 0.522. The predicted molar refractivity (Wildman–Crippen MR) is 215 cm³/mol. The van der Waals surface area contributed by atoms with Crippen molar-refractivity contribution in [1.29, 1.82) is 0 Å². The van der Waals surface area contributed by atoms with E-state index in [1.54, 1.807) is 12.2 Å². The van der Waals surface area contributed by atoms with Crippen LogP contribution in [0, 0.1) is 10.8 Å². The largest absolute Gasteiger partial charge is 0.348 e. The van der Waals surface area contributed by atoms with Crippen LogP contribution in [0.5, 0.6) is 0 Å². The Morgan fingerprint density at radius 1 is 0.580 bits per heavy atom. The second-order valence-corrected chi connectivity index (χ2v) is 16.4. The Balaban J connectivity index is 1.52.